The molecule has 0 bridgehead atoms. The van der Waals surface area contributed by atoms with Crippen LogP contribution in [0, 0.1) is 0 Å². The minimum Gasteiger partial charge on any atom is -0.346 e. The zero-order chi connectivity index (χ0) is 13.0. The van der Waals surface area contributed by atoms with Crippen molar-refractivity contribution < 1.29 is 0 Å². The summed E-state index contributed by atoms with van der Waals surface area (Å²) >= 11 is 3.60. The number of aromatic nitrogens is 1. The van der Waals surface area contributed by atoms with Crippen molar-refractivity contribution >= 4 is 26.8 Å². The number of halogens is 1. The topological polar surface area (TPSA) is 17.0 Å². The molecule has 2 rings (SSSR count). The number of fused-ring (bicyclic) bond motifs is 1. The van der Waals surface area contributed by atoms with E-state index in [1.807, 2.05) is 0 Å². The Morgan fingerprint density at radius 3 is 2.72 bits per heavy atom. The predicted octanol–water partition coefficient (Wildman–Crippen LogP) is 4.18. The normalized spacial score (nSPS) is 11.6. The van der Waals surface area contributed by atoms with E-state index in [2.05, 4.69) is 70.1 Å². The van der Waals surface area contributed by atoms with Crippen LogP contribution in [0.1, 0.15) is 26.7 Å². The highest BCUT2D eigenvalue weighted by Gasteiger charge is 2.05. The average Bonchev–Trinajstić information content (AvgIpc) is 2.80. The first-order valence-electron chi connectivity index (χ1n) is 6.73. The van der Waals surface area contributed by atoms with E-state index < -0.39 is 0 Å². The molecule has 0 aliphatic carbocycles. The smallest absolute Gasteiger partial charge is 0.0492 e. The molecule has 0 fully saturated rings. The molecule has 1 aromatic heterocycles. The van der Waals surface area contributed by atoms with E-state index >= 15 is 0 Å². The molecule has 3 heteroatoms. The van der Waals surface area contributed by atoms with Gasteiger partial charge in [0, 0.05) is 40.7 Å². The summed E-state index contributed by atoms with van der Waals surface area (Å²) in [5, 5.41) is 4.90. The predicted molar refractivity (Wildman–Crippen MR) is 82.0 cm³/mol. The van der Waals surface area contributed by atoms with Crippen LogP contribution in [0.25, 0.3) is 10.9 Å². The Labute approximate surface area is 118 Å². The molecule has 0 aliphatic heterocycles. The van der Waals surface area contributed by atoms with Crippen molar-refractivity contribution in [2.24, 2.45) is 0 Å². The minimum absolute atomic E-state index is 0.651. The van der Waals surface area contributed by atoms with Crippen molar-refractivity contribution in [3.63, 3.8) is 0 Å². The molecule has 2 nitrogen and oxygen atoms in total. The van der Waals surface area contributed by atoms with E-state index in [1.165, 1.54) is 28.2 Å². The van der Waals surface area contributed by atoms with Crippen LogP contribution in [0.15, 0.2) is 34.9 Å². The minimum atomic E-state index is 0.651. The highest BCUT2D eigenvalue weighted by atomic mass is 79.9. The Morgan fingerprint density at radius 1 is 1.22 bits per heavy atom. The standard InChI is InChI=1S/C15H21BrN2/c1-3-12(4-2)17-9-11-18-10-8-13-14(16)6-5-7-15(13)18/h5-8,10,12,17H,3-4,9,11H2,1-2H3. The maximum atomic E-state index is 3.60. The van der Waals surface area contributed by atoms with E-state index in [1.54, 1.807) is 0 Å². The lowest BCUT2D eigenvalue weighted by Gasteiger charge is -2.15. The lowest BCUT2D eigenvalue weighted by molar-refractivity contribution is 0.468. The van der Waals surface area contributed by atoms with Crippen LogP contribution in [-0.4, -0.2) is 17.2 Å². The molecule has 0 saturated heterocycles. The second-order valence-electron chi connectivity index (χ2n) is 4.65. The second-order valence-corrected chi connectivity index (χ2v) is 5.50. The van der Waals surface area contributed by atoms with Crippen molar-refractivity contribution in [3.8, 4) is 0 Å². The fourth-order valence-electron chi connectivity index (χ4n) is 2.35. The van der Waals surface area contributed by atoms with Gasteiger partial charge in [-0.05, 0) is 31.0 Å². The van der Waals surface area contributed by atoms with E-state index in [9.17, 15) is 0 Å². The van der Waals surface area contributed by atoms with E-state index in [-0.39, 0.29) is 0 Å². The molecule has 0 spiro atoms. The molecule has 0 saturated carbocycles. The summed E-state index contributed by atoms with van der Waals surface area (Å²) in [5.74, 6) is 0. The Bertz CT molecular complexity index is 500. The first-order chi connectivity index (χ1) is 8.76. The van der Waals surface area contributed by atoms with E-state index in [0.29, 0.717) is 6.04 Å². The maximum Gasteiger partial charge on any atom is 0.0492 e. The van der Waals surface area contributed by atoms with Gasteiger partial charge in [-0.2, -0.15) is 0 Å². The maximum absolute atomic E-state index is 3.60. The van der Waals surface area contributed by atoms with Crippen molar-refractivity contribution in [2.45, 2.75) is 39.3 Å². The van der Waals surface area contributed by atoms with Crippen molar-refractivity contribution in [1.29, 1.82) is 0 Å². The van der Waals surface area contributed by atoms with Crippen LogP contribution in [0.4, 0.5) is 0 Å². The molecule has 1 N–H and O–H groups in total. The fraction of sp³-hybridized carbons (Fsp3) is 0.467. The Hall–Kier alpha value is -0.800. The van der Waals surface area contributed by atoms with E-state index in [0.717, 1.165) is 13.1 Å². The SMILES string of the molecule is CCC(CC)NCCn1ccc2c(Br)cccc21. The van der Waals surface area contributed by atoms with Gasteiger partial charge in [0.25, 0.3) is 0 Å². The molecule has 0 atom stereocenters. The summed E-state index contributed by atoms with van der Waals surface area (Å²) < 4.78 is 3.49. The van der Waals surface area contributed by atoms with Crippen molar-refractivity contribution in [3.05, 3.63) is 34.9 Å². The molecule has 2 aromatic rings. The second kappa shape index (κ2) is 6.39. The summed E-state index contributed by atoms with van der Waals surface area (Å²) in [4.78, 5) is 0. The number of rotatable bonds is 6. The summed E-state index contributed by atoms with van der Waals surface area (Å²) in [7, 11) is 0. The molecule has 1 heterocycles. The number of nitrogens with one attached hydrogen (secondary N) is 1. The third-order valence-electron chi connectivity index (χ3n) is 3.53. The van der Waals surface area contributed by atoms with Gasteiger partial charge >= 0.3 is 0 Å². The van der Waals surface area contributed by atoms with Crippen LogP contribution in [0.5, 0.6) is 0 Å². The van der Waals surface area contributed by atoms with Crippen LogP contribution in [0.2, 0.25) is 0 Å². The summed E-state index contributed by atoms with van der Waals surface area (Å²) in [5.41, 5.74) is 1.30. The molecule has 0 aliphatic rings. The highest BCUT2D eigenvalue weighted by Crippen LogP contribution is 2.24. The number of hydrogen-bond acceptors (Lipinski definition) is 1. The Morgan fingerprint density at radius 2 is 2.00 bits per heavy atom. The largest absolute Gasteiger partial charge is 0.346 e. The third-order valence-corrected chi connectivity index (χ3v) is 4.22. The molecule has 98 valence electrons. The van der Waals surface area contributed by atoms with Gasteiger partial charge in [0.05, 0.1) is 0 Å². The first kappa shape index (κ1) is 13.6. The van der Waals surface area contributed by atoms with Gasteiger partial charge in [0.2, 0.25) is 0 Å². The zero-order valence-corrected chi connectivity index (χ0v) is 12.7. The Balaban J connectivity index is 2.02. The number of nitrogens with zero attached hydrogens (tertiary/aromatic N) is 1. The van der Waals surface area contributed by atoms with E-state index in [4.69, 9.17) is 0 Å². The lowest BCUT2D eigenvalue weighted by atomic mass is 10.2. The van der Waals surface area contributed by atoms with Crippen LogP contribution in [-0.2, 0) is 6.54 Å². The molecular formula is C15H21BrN2. The molecule has 18 heavy (non-hydrogen) atoms. The van der Waals surface area contributed by atoms with Crippen LogP contribution < -0.4 is 5.32 Å². The average molecular weight is 309 g/mol. The van der Waals surface area contributed by atoms with Crippen LogP contribution >= 0.6 is 15.9 Å². The fourth-order valence-corrected chi connectivity index (χ4v) is 2.84. The summed E-state index contributed by atoms with van der Waals surface area (Å²) in [6.07, 6.45) is 4.58. The molecule has 1 aromatic carbocycles. The third kappa shape index (κ3) is 2.96. The van der Waals surface area contributed by atoms with Crippen LogP contribution in [0.3, 0.4) is 0 Å². The number of hydrogen-bond donors (Lipinski definition) is 1. The highest BCUT2D eigenvalue weighted by molar-refractivity contribution is 9.10. The quantitative estimate of drug-likeness (QED) is 0.847. The van der Waals surface area contributed by atoms with Gasteiger partial charge in [-0.15, -0.1) is 0 Å². The molecule has 0 amide bonds. The van der Waals surface area contributed by atoms with Gasteiger partial charge in [-0.3, -0.25) is 0 Å². The molecule has 0 unspecified atom stereocenters. The monoisotopic (exact) mass is 308 g/mol. The van der Waals surface area contributed by atoms with Crippen molar-refractivity contribution in [1.82, 2.24) is 9.88 Å². The lowest BCUT2D eigenvalue weighted by Crippen LogP contribution is -2.30. The molecule has 0 radical (unpaired) electrons. The summed E-state index contributed by atoms with van der Waals surface area (Å²) in [6.45, 7) is 6.53. The van der Waals surface area contributed by atoms with Gasteiger partial charge < -0.3 is 9.88 Å². The zero-order valence-electron chi connectivity index (χ0n) is 11.1. The first-order valence-corrected chi connectivity index (χ1v) is 7.52. The van der Waals surface area contributed by atoms with Gasteiger partial charge in [0.15, 0.2) is 0 Å². The number of benzene rings is 1. The van der Waals surface area contributed by atoms with Crippen molar-refractivity contribution in [2.75, 3.05) is 6.54 Å². The summed E-state index contributed by atoms with van der Waals surface area (Å²) in [6, 6.07) is 9.19. The Kier molecular flexibility index (Phi) is 4.84. The molecular weight excluding hydrogens is 288 g/mol. The van der Waals surface area contributed by atoms with Gasteiger partial charge in [0.1, 0.15) is 0 Å². The van der Waals surface area contributed by atoms with Gasteiger partial charge in [-0.1, -0.05) is 35.8 Å². The van der Waals surface area contributed by atoms with Gasteiger partial charge in [-0.25, -0.2) is 0 Å².